The monoisotopic (exact) mass is 392 g/mol. The Kier molecular flexibility index (Phi) is 24.5. The molecule has 0 aliphatic rings. The van der Waals surface area contributed by atoms with Crippen molar-refractivity contribution < 1.29 is 0 Å². The van der Waals surface area contributed by atoms with Crippen molar-refractivity contribution in [3.63, 3.8) is 0 Å². The van der Waals surface area contributed by atoms with E-state index in [9.17, 15) is 0 Å². The molecular formula is C28H56. The summed E-state index contributed by atoms with van der Waals surface area (Å²) in [5.41, 5.74) is 0. The largest absolute Gasteiger partial charge is 0.0917 e. The molecule has 0 spiro atoms. The van der Waals surface area contributed by atoms with Gasteiger partial charge in [-0.05, 0) is 25.7 Å². The first kappa shape index (κ1) is 27.7. The van der Waals surface area contributed by atoms with Crippen molar-refractivity contribution in [2.45, 2.75) is 162 Å². The van der Waals surface area contributed by atoms with E-state index >= 15 is 0 Å². The van der Waals surface area contributed by atoms with Gasteiger partial charge in [0, 0.05) is 0 Å². The molecule has 0 bridgehead atoms. The van der Waals surface area contributed by atoms with Crippen LogP contribution < -0.4 is 0 Å². The molecule has 1 unspecified atom stereocenters. The molecule has 0 rings (SSSR count). The Labute approximate surface area is 180 Å². The highest BCUT2D eigenvalue weighted by molar-refractivity contribution is 4.76. The Hall–Kier alpha value is -0.260. The third-order valence-electron chi connectivity index (χ3n) is 6.51. The second kappa shape index (κ2) is 24.8. The number of allylic oxidation sites excluding steroid dienone is 2. The summed E-state index contributed by atoms with van der Waals surface area (Å²) in [6, 6.07) is 0. The third-order valence-corrected chi connectivity index (χ3v) is 6.51. The van der Waals surface area contributed by atoms with Crippen molar-refractivity contribution in [1.82, 2.24) is 0 Å². The quantitative estimate of drug-likeness (QED) is 0.120. The van der Waals surface area contributed by atoms with Crippen molar-refractivity contribution in [3.05, 3.63) is 12.2 Å². The molecule has 0 amide bonds. The molecule has 0 radical (unpaired) electrons. The average molecular weight is 393 g/mol. The summed E-state index contributed by atoms with van der Waals surface area (Å²) in [7, 11) is 0. The Balaban J connectivity index is 3.29. The maximum Gasteiger partial charge on any atom is -0.0351 e. The van der Waals surface area contributed by atoms with E-state index in [4.69, 9.17) is 0 Å². The lowest BCUT2D eigenvalue weighted by Gasteiger charge is -2.14. The number of hydrogen-bond acceptors (Lipinski definition) is 0. The molecule has 0 heterocycles. The van der Waals surface area contributed by atoms with Gasteiger partial charge in [0.05, 0.1) is 0 Å². The van der Waals surface area contributed by atoms with Gasteiger partial charge < -0.3 is 0 Å². The predicted molar refractivity (Wildman–Crippen MR) is 131 cm³/mol. The molecule has 0 aromatic carbocycles. The van der Waals surface area contributed by atoms with Crippen LogP contribution in [0.4, 0.5) is 0 Å². The highest BCUT2D eigenvalue weighted by atomic mass is 14.1. The van der Waals surface area contributed by atoms with E-state index in [1.54, 1.807) is 0 Å². The zero-order valence-corrected chi connectivity index (χ0v) is 20.3. The number of unbranched alkanes of at least 4 members (excludes halogenated alkanes) is 17. The molecule has 0 saturated carbocycles. The minimum absolute atomic E-state index is 1.01. The smallest absolute Gasteiger partial charge is 0.0351 e. The molecule has 0 aliphatic heterocycles. The summed E-state index contributed by atoms with van der Waals surface area (Å²) in [6.45, 7) is 6.84. The van der Waals surface area contributed by atoms with E-state index in [2.05, 4.69) is 32.9 Å². The van der Waals surface area contributed by atoms with E-state index in [1.165, 1.54) is 141 Å². The van der Waals surface area contributed by atoms with Crippen molar-refractivity contribution >= 4 is 0 Å². The maximum atomic E-state index is 2.41. The maximum absolute atomic E-state index is 2.41. The summed E-state index contributed by atoms with van der Waals surface area (Å²) in [5, 5.41) is 0. The van der Waals surface area contributed by atoms with Crippen LogP contribution in [0.5, 0.6) is 0 Å². The molecule has 0 fully saturated rings. The van der Waals surface area contributed by atoms with Gasteiger partial charge in [-0.1, -0.05) is 154 Å². The molecule has 168 valence electrons. The van der Waals surface area contributed by atoms with E-state index < -0.39 is 0 Å². The van der Waals surface area contributed by atoms with Gasteiger partial charge in [-0.25, -0.2) is 0 Å². The van der Waals surface area contributed by atoms with E-state index in [-0.39, 0.29) is 0 Å². The standard InChI is InChI=1S/C28H56/c1-4-7-9-11-13-15-17-19-21-23-25-27-28(6-3)26-24-22-20-18-16-14-12-10-8-5-2/h5,8,28H,4,6-7,9-27H2,1-3H3/b8-5+. The van der Waals surface area contributed by atoms with Crippen LogP contribution in [0.3, 0.4) is 0 Å². The lowest BCUT2D eigenvalue weighted by Crippen LogP contribution is -1.99. The van der Waals surface area contributed by atoms with Crippen LogP contribution in [0.1, 0.15) is 162 Å². The van der Waals surface area contributed by atoms with Crippen molar-refractivity contribution in [2.24, 2.45) is 5.92 Å². The molecule has 0 aromatic rings. The normalized spacial score (nSPS) is 12.8. The molecule has 28 heavy (non-hydrogen) atoms. The summed E-state index contributed by atoms with van der Waals surface area (Å²) >= 11 is 0. The van der Waals surface area contributed by atoms with Crippen LogP contribution in [0.2, 0.25) is 0 Å². The Morgan fingerprint density at radius 3 is 1.29 bits per heavy atom. The minimum Gasteiger partial charge on any atom is -0.0917 e. The topological polar surface area (TPSA) is 0 Å². The molecular weight excluding hydrogens is 336 g/mol. The highest BCUT2D eigenvalue weighted by Crippen LogP contribution is 2.22. The van der Waals surface area contributed by atoms with E-state index in [0.29, 0.717) is 0 Å². The van der Waals surface area contributed by atoms with Crippen LogP contribution in [-0.4, -0.2) is 0 Å². The summed E-state index contributed by atoms with van der Waals surface area (Å²) < 4.78 is 0. The Bertz CT molecular complexity index is 290. The summed E-state index contributed by atoms with van der Waals surface area (Å²) in [6.07, 6.45) is 36.5. The molecule has 0 heteroatoms. The zero-order valence-electron chi connectivity index (χ0n) is 20.3. The van der Waals surface area contributed by atoms with Crippen LogP contribution in [-0.2, 0) is 0 Å². The van der Waals surface area contributed by atoms with Crippen LogP contribution in [0.25, 0.3) is 0 Å². The summed E-state index contributed by atoms with van der Waals surface area (Å²) in [4.78, 5) is 0. The molecule has 1 atom stereocenters. The van der Waals surface area contributed by atoms with Crippen molar-refractivity contribution in [2.75, 3.05) is 0 Å². The van der Waals surface area contributed by atoms with Gasteiger partial charge in [0.2, 0.25) is 0 Å². The fourth-order valence-corrected chi connectivity index (χ4v) is 4.40. The zero-order chi connectivity index (χ0) is 20.5. The van der Waals surface area contributed by atoms with Crippen molar-refractivity contribution in [3.8, 4) is 0 Å². The van der Waals surface area contributed by atoms with Gasteiger partial charge in [-0.2, -0.15) is 0 Å². The molecule has 0 nitrogen and oxygen atoms in total. The predicted octanol–water partition coefficient (Wildman–Crippen LogP) is 10.8. The van der Waals surface area contributed by atoms with Crippen LogP contribution in [0, 0.1) is 5.92 Å². The van der Waals surface area contributed by atoms with Gasteiger partial charge >= 0.3 is 0 Å². The highest BCUT2D eigenvalue weighted by Gasteiger charge is 2.06. The van der Waals surface area contributed by atoms with Gasteiger partial charge in [0.1, 0.15) is 0 Å². The minimum atomic E-state index is 1.01. The fourth-order valence-electron chi connectivity index (χ4n) is 4.40. The lowest BCUT2D eigenvalue weighted by atomic mass is 9.92. The molecule has 0 saturated heterocycles. The van der Waals surface area contributed by atoms with Crippen molar-refractivity contribution in [1.29, 1.82) is 0 Å². The van der Waals surface area contributed by atoms with Gasteiger partial charge in [0.25, 0.3) is 0 Å². The Morgan fingerprint density at radius 1 is 0.500 bits per heavy atom. The van der Waals surface area contributed by atoms with E-state index in [1.807, 2.05) is 0 Å². The third kappa shape index (κ3) is 22.0. The number of hydrogen-bond donors (Lipinski definition) is 0. The average Bonchev–Trinajstić information content (AvgIpc) is 2.71. The summed E-state index contributed by atoms with van der Waals surface area (Å²) in [5.74, 6) is 1.01. The first-order valence-corrected chi connectivity index (χ1v) is 13.5. The number of rotatable bonds is 23. The molecule has 0 aliphatic carbocycles. The van der Waals surface area contributed by atoms with Gasteiger partial charge in [-0.3, -0.25) is 0 Å². The lowest BCUT2D eigenvalue weighted by molar-refractivity contribution is 0.392. The van der Waals surface area contributed by atoms with Crippen LogP contribution >= 0.6 is 0 Å². The van der Waals surface area contributed by atoms with E-state index in [0.717, 1.165) is 5.92 Å². The molecule has 0 aromatic heterocycles. The molecule has 0 N–H and O–H groups in total. The Morgan fingerprint density at radius 2 is 0.893 bits per heavy atom. The first-order valence-electron chi connectivity index (χ1n) is 13.5. The van der Waals surface area contributed by atoms with Gasteiger partial charge in [-0.15, -0.1) is 0 Å². The second-order valence-electron chi connectivity index (χ2n) is 9.22. The second-order valence-corrected chi connectivity index (χ2v) is 9.22. The van der Waals surface area contributed by atoms with Crippen LogP contribution in [0.15, 0.2) is 12.2 Å². The first-order chi connectivity index (χ1) is 13.8. The van der Waals surface area contributed by atoms with Gasteiger partial charge in [0.15, 0.2) is 0 Å². The fraction of sp³-hybridized carbons (Fsp3) is 0.929. The SMILES string of the molecule is C/C=C/CCCCCCCCCC(CC)CCCCCCCCCCCCC.